The second-order valence-corrected chi connectivity index (χ2v) is 15.6. The zero-order valence-electron chi connectivity index (χ0n) is 33.1. The summed E-state index contributed by atoms with van der Waals surface area (Å²) >= 11 is 0. The van der Waals surface area contributed by atoms with Crippen molar-refractivity contribution in [1.29, 1.82) is 0 Å². The first-order valence-electron chi connectivity index (χ1n) is 20.7. The van der Waals surface area contributed by atoms with Gasteiger partial charge in [-0.05, 0) is 75.8 Å². The van der Waals surface area contributed by atoms with E-state index in [-0.39, 0.29) is 0 Å². The monoisotopic (exact) mass is 779 g/mol. The van der Waals surface area contributed by atoms with Crippen molar-refractivity contribution in [1.82, 2.24) is 0 Å². The van der Waals surface area contributed by atoms with Crippen LogP contribution in [0.1, 0.15) is 0 Å². The minimum atomic E-state index is 0.861. The predicted molar refractivity (Wildman–Crippen MR) is 255 cm³/mol. The molecule has 3 heteroatoms. The van der Waals surface area contributed by atoms with Crippen LogP contribution in [0.5, 0.6) is 0 Å². The van der Waals surface area contributed by atoms with Crippen LogP contribution in [0, 0.1) is 0 Å². The number of fused-ring (bicyclic) bond motifs is 8. The van der Waals surface area contributed by atoms with Gasteiger partial charge >= 0.3 is 0 Å². The Morgan fingerprint density at radius 1 is 0.279 bits per heavy atom. The van der Waals surface area contributed by atoms with E-state index >= 15 is 0 Å². The Kier molecular flexibility index (Phi) is 8.17. The molecule has 12 aromatic rings. The number of para-hydroxylation sites is 3. The van der Waals surface area contributed by atoms with Crippen molar-refractivity contribution < 1.29 is 8.83 Å². The lowest BCUT2D eigenvalue weighted by atomic mass is 9.94. The zero-order chi connectivity index (χ0) is 40.3. The number of furan rings is 2. The number of benzene rings is 10. The number of hydrogen-bond acceptors (Lipinski definition) is 3. The maximum Gasteiger partial charge on any atom is 0.143 e. The Hall–Kier alpha value is -8.14. The summed E-state index contributed by atoms with van der Waals surface area (Å²) in [6.07, 6.45) is 0. The van der Waals surface area contributed by atoms with E-state index in [0.717, 1.165) is 105 Å². The molecule has 0 fully saturated rings. The largest absolute Gasteiger partial charge is 0.455 e. The first kappa shape index (κ1) is 34.9. The molecule has 0 amide bonds. The van der Waals surface area contributed by atoms with Crippen molar-refractivity contribution in [2.45, 2.75) is 0 Å². The third kappa shape index (κ3) is 5.82. The second-order valence-electron chi connectivity index (χ2n) is 15.6. The van der Waals surface area contributed by atoms with Crippen molar-refractivity contribution in [3.05, 3.63) is 224 Å². The lowest BCUT2D eigenvalue weighted by Crippen LogP contribution is -2.12. The molecule has 0 radical (unpaired) electrons. The third-order valence-corrected chi connectivity index (χ3v) is 12.1. The molecule has 2 heterocycles. The summed E-state index contributed by atoms with van der Waals surface area (Å²) < 4.78 is 13.4. The highest BCUT2D eigenvalue weighted by Crippen LogP contribution is 2.49. The molecule has 10 aromatic carbocycles. The number of hydrogen-bond donors (Lipinski definition) is 0. The van der Waals surface area contributed by atoms with Crippen LogP contribution in [0.3, 0.4) is 0 Å². The quantitative estimate of drug-likeness (QED) is 0.161. The molecule has 286 valence electrons. The molecular weight excluding hydrogens is 743 g/mol. The van der Waals surface area contributed by atoms with Gasteiger partial charge in [0.05, 0.1) is 11.4 Å². The summed E-state index contributed by atoms with van der Waals surface area (Å²) in [6.45, 7) is 0. The van der Waals surface area contributed by atoms with Gasteiger partial charge in [-0.1, -0.05) is 182 Å². The minimum absolute atomic E-state index is 0.861. The van der Waals surface area contributed by atoms with Crippen LogP contribution >= 0.6 is 0 Å². The molecule has 0 bridgehead atoms. The standard InChI is InChI=1S/C58H37NO2/c1-3-16-38(17-4-1)41-20-13-21-42(36-41)45-26-15-31-55-56(45)51-37-53(47-23-7-8-25-49(47)58(51)61-55)59(52-29-11-9-22-44(52)39-18-5-2-6-19-39)43-34-32-40(33-35-43)46-27-14-28-50-48-24-10-12-30-54(48)60-57(46)50/h1-37H. The molecule has 0 N–H and O–H groups in total. The van der Waals surface area contributed by atoms with Gasteiger partial charge in [0.25, 0.3) is 0 Å². The second kappa shape index (κ2) is 14.3. The summed E-state index contributed by atoms with van der Waals surface area (Å²) in [4.78, 5) is 2.42. The summed E-state index contributed by atoms with van der Waals surface area (Å²) in [7, 11) is 0. The highest BCUT2D eigenvalue weighted by atomic mass is 16.3. The average Bonchev–Trinajstić information content (AvgIpc) is 3.92. The molecule has 0 saturated heterocycles. The van der Waals surface area contributed by atoms with Crippen molar-refractivity contribution in [2.75, 3.05) is 4.90 Å². The molecule has 0 atom stereocenters. The molecule has 0 aliphatic heterocycles. The SMILES string of the molecule is c1ccc(-c2cccc(-c3cccc4oc5c6ccccc6c(N(c6ccc(-c7cccc8c7oc7ccccc78)cc6)c6ccccc6-c6ccccc6)cc5c34)c2)cc1. The Morgan fingerprint density at radius 3 is 1.66 bits per heavy atom. The third-order valence-electron chi connectivity index (χ3n) is 12.1. The summed E-state index contributed by atoms with van der Waals surface area (Å²) in [5.74, 6) is 0. The van der Waals surface area contributed by atoms with Crippen LogP contribution in [-0.2, 0) is 0 Å². The lowest BCUT2D eigenvalue weighted by molar-refractivity contribution is 0.670. The van der Waals surface area contributed by atoms with E-state index in [9.17, 15) is 0 Å². The molecule has 0 saturated carbocycles. The van der Waals surface area contributed by atoms with Gasteiger partial charge in [0.15, 0.2) is 0 Å². The topological polar surface area (TPSA) is 29.5 Å². The fourth-order valence-electron chi connectivity index (χ4n) is 9.25. The van der Waals surface area contributed by atoms with Crippen LogP contribution in [0.25, 0.3) is 99.2 Å². The van der Waals surface area contributed by atoms with E-state index in [4.69, 9.17) is 8.83 Å². The predicted octanol–water partition coefficient (Wildman–Crippen LogP) is 16.8. The van der Waals surface area contributed by atoms with Crippen LogP contribution in [0.15, 0.2) is 233 Å². The van der Waals surface area contributed by atoms with E-state index in [1.54, 1.807) is 0 Å². The van der Waals surface area contributed by atoms with Crippen molar-refractivity contribution in [2.24, 2.45) is 0 Å². The van der Waals surface area contributed by atoms with Gasteiger partial charge in [-0.3, -0.25) is 0 Å². The number of anilines is 3. The minimum Gasteiger partial charge on any atom is -0.455 e. The first-order chi connectivity index (χ1) is 30.3. The average molecular weight is 780 g/mol. The van der Waals surface area contributed by atoms with Crippen LogP contribution < -0.4 is 4.90 Å². The molecule has 12 rings (SSSR count). The Balaban J connectivity index is 1.10. The highest BCUT2D eigenvalue weighted by molar-refractivity contribution is 6.23. The van der Waals surface area contributed by atoms with E-state index in [1.807, 2.05) is 12.1 Å². The van der Waals surface area contributed by atoms with Gasteiger partial charge in [-0.2, -0.15) is 0 Å². The van der Waals surface area contributed by atoms with E-state index < -0.39 is 0 Å². The van der Waals surface area contributed by atoms with Crippen molar-refractivity contribution in [3.8, 4) is 44.5 Å². The molecular formula is C58H37NO2. The molecule has 3 nitrogen and oxygen atoms in total. The smallest absolute Gasteiger partial charge is 0.143 e. The Labute approximate surface area is 353 Å². The maximum absolute atomic E-state index is 6.88. The number of nitrogens with zero attached hydrogens (tertiary/aromatic N) is 1. The van der Waals surface area contributed by atoms with E-state index in [2.05, 4.69) is 217 Å². The summed E-state index contributed by atoms with van der Waals surface area (Å²) in [5.41, 5.74) is 15.8. The highest BCUT2D eigenvalue weighted by Gasteiger charge is 2.24. The molecule has 0 unspecified atom stereocenters. The summed E-state index contributed by atoms with van der Waals surface area (Å²) in [5, 5.41) is 6.57. The fraction of sp³-hybridized carbons (Fsp3) is 0. The van der Waals surface area contributed by atoms with Crippen LogP contribution in [0.4, 0.5) is 17.1 Å². The van der Waals surface area contributed by atoms with E-state index in [1.165, 1.54) is 11.1 Å². The number of rotatable bonds is 7. The van der Waals surface area contributed by atoms with Gasteiger partial charge in [-0.25, -0.2) is 0 Å². The van der Waals surface area contributed by atoms with Crippen LogP contribution in [-0.4, -0.2) is 0 Å². The maximum atomic E-state index is 6.88. The molecule has 0 aliphatic rings. The molecule has 0 spiro atoms. The Bertz CT molecular complexity index is 3580. The van der Waals surface area contributed by atoms with E-state index in [0.29, 0.717) is 0 Å². The van der Waals surface area contributed by atoms with Gasteiger partial charge in [0, 0.05) is 49.1 Å². The fourth-order valence-corrected chi connectivity index (χ4v) is 9.25. The molecule has 2 aromatic heterocycles. The molecule has 0 aliphatic carbocycles. The van der Waals surface area contributed by atoms with Crippen molar-refractivity contribution >= 4 is 71.7 Å². The zero-order valence-corrected chi connectivity index (χ0v) is 33.1. The van der Waals surface area contributed by atoms with Gasteiger partial charge in [0.2, 0.25) is 0 Å². The van der Waals surface area contributed by atoms with Gasteiger partial charge < -0.3 is 13.7 Å². The van der Waals surface area contributed by atoms with Crippen molar-refractivity contribution in [3.63, 3.8) is 0 Å². The van der Waals surface area contributed by atoms with Gasteiger partial charge in [0.1, 0.15) is 22.3 Å². The normalized spacial score (nSPS) is 11.6. The Morgan fingerprint density at radius 2 is 0.820 bits per heavy atom. The summed E-state index contributed by atoms with van der Waals surface area (Å²) in [6, 6.07) is 79.8. The van der Waals surface area contributed by atoms with Crippen LogP contribution in [0.2, 0.25) is 0 Å². The molecule has 61 heavy (non-hydrogen) atoms. The first-order valence-corrected chi connectivity index (χ1v) is 20.7. The van der Waals surface area contributed by atoms with Gasteiger partial charge in [-0.15, -0.1) is 0 Å². The lowest BCUT2D eigenvalue weighted by Gasteiger charge is -2.29.